The molecule has 1 fully saturated rings. The standard InChI is InChI=1S/C10H17N5O/c1-15(6-8-12-7-13-14-8)9(16)10(11)4-2-3-5-10/h7H,2-6,11H2,1H3,(H,12,13,14). The molecule has 1 aromatic heterocycles. The third-order valence-corrected chi connectivity index (χ3v) is 3.12. The van der Waals surface area contributed by atoms with Crippen LogP contribution in [0.2, 0.25) is 0 Å². The van der Waals surface area contributed by atoms with Crippen LogP contribution in [0.25, 0.3) is 0 Å². The molecule has 0 spiro atoms. The van der Waals surface area contributed by atoms with Crippen LogP contribution in [0.1, 0.15) is 31.5 Å². The molecule has 1 aliphatic carbocycles. The number of likely N-dealkylation sites (N-methyl/N-ethyl adjacent to an activating group) is 1. The fourth-order valence-corrected chi connectivity index (χ4v) is 2.20. The molecule has 1 heterocycles. The smallest absolute Gasteiger partial charge is 0.242 e. The normalized spacial score (nSPS) is 18.6. The van der Waals surface area contributed by atoms with Gasteiger partial charge in [-0.2, -0.15) is 5.10 Å². The maximum absolute atomic E-state index is 12.1. The van der Waals surface area contributed by atoms with Crippen molar-refractivity contribution in [3.63, 3.8) is 0 Å². The Hall–Kier alpha value is -1.43. The summed E-state index contributed by atoms with van der Waals surface area (Å²) in [7, 11) is 1.75. The molecule has 0 radical (unpaired) electrons. The van der Waals surface area contributed by atoms with Crippen LogP contribution < -0.4 is 5.73 Å². The van der Waals surface area contributed by atoms with Gasteiger partial charge in [-0.15, -0.1) is 0 Å². The first-order valence-corrected chi connectivity index (χ1v) is 5.50. The average Bonchev–Trinajstić information content (AvgIpc) is 2.89. The molecule has 0 bridgehead atoms. The fraction of sp³-hybridized carbons (Fsp3) is 0.700. The van der Waals surface area contributed by atoms with Crippen molar-refractivity contribution in [2.75, 3.05) is 7.05 Å². The molecule has 6 nitrogen and oxygen atoms in total. The summed E-state index contributed by atoms with van der Waals surface area (Å²) in [5.74, 6) is 0.679. The number of nitrogens with zero attached hydrogens (tertiary/aromatic N) is 3. The number of aromatic nitrogens is 3. The Morgan fingerprint density at radius 1 is 1.62 bits per heavy atom. The van der Waals surface area contributed by atoms with Gasteiger partial charge in [-0.1, -0.05) is 12.8 Å². The summed E-state index contributed by atoms with van der Waals surface area (Å²) in [6, 6.07) is 0. The van der Waals surface area contributed by atoms with Gasteiger partial charge in [0.05, 0.1) is 12.1 Å². The van der Waals surface area contributed by atoms with Gasteiger partial charge in [0.25, 0.3) is 0 Å². The van der Waals surface area contributed by atoms with E-state index in [0.717, 1.165) is 25.7 Å². The van der Waals surface area contributed by atoms with Crippen molar-refractivity contribution in [2.24, 2.45) is 5.73 Å². The van der Waals surface area contributed by atoms with Gasteiger partial charge >= 0.3 is 0 Å². The highest BCUT2D eigenvalue weighted by Gasteiger charge is 2.38. The number of rotatable bonds is 3. The van der Waals surface area contributed by atoms with Crippen molar-refractivity contribution in [1.29, 1.82) is 0 Å². The molecule has 2 rings (SSSR count). The molecule has 1 aromatic rings. The van der Waals surface area contributed by atoms with Crippen molar-refractivity contribution in [1.82, 2.24) is 20.1 Å². The number of hydrogen-bond donors (Lipinski definition) is 2. The summed E-state index contributed by atoms with van der Waals surface area (Å²) in [5.41, 5.74) is 5.44. The SMILES string of the molecule is CN(Cc1ncn[nH]1)C(=O)C1(N)CCCC1. The Kier molecular flexibility index (Phi) is 2.91. The van der Waals surface area contributed by atoms with Crippen LogP contribution in [0, 0.1) is 0 Å². The van der Waals surface area contributed by atoms with Gasteiger partial charge in [-0.3, -0.25) is 9.89 Å². The van der Waals surface area contributed by atoms with E-state index in [1.54, 1.807) is 11.9 Å². The predicted molar refractivity (Wildman–Crippen MR) is 58.2 cm³/mol. The first kappa shape index (κ1) is 11.1. The number of hydrogen-bond acceptors (Lipinski definition) is 4. The number of H-pyrrole nitrogens is 1. The quantitative estimate of drug-likeness (QED) is 0.757. The summed E-state index contributed by atoms with van der Waals surface area (Å²) >= 11 is 0. The molecule has 0 aliphatic heterocycles. The van der Waals surface area contributed by atoms with E-state index in [4.69, 9.17) is 5.73 Å². The number of carbonyl (C=O) groups excluding carboxylic acids is 1. The zero-order chi connectivity index (χ0) is 11.6. The van der Waals surface area contributed by atoms with Gasteiger partial charge < -0.3 is 10.6 Å². The number of aromatic amines is 1. The van der Waals surface area contributed by atoms with Gasteiger partial charge in [0.2, 0.25) is 5.91 Å². The third-order valence-electron chi connectivity index (χ3n) is 3.12. The van der Waals surface area contributed by atoms with Crippen LogP contribution in [0.15, 0.2) is 6.33 Å². The topological polar surface area (TPSA) is 87.9 Å². The Labute approximate surface area is 94.2 Å². The van der Waals surface area contributed by atoms with Crippen molar-refractivity contribution < 1.29 is 4.79 Å². The summed E-state index contributed by atoms with van der Waals surface area (Å²) in [6.07, 6.45) is 5.08. The zero-order valence-electron chi connectivity index (χ0n) is 9.44. The van der Waals surface area contributed by atoms with Crippen LogP contribution in [0.3, 0.4) is 0 Å². The molecular weight excluding hydrogens is 206 g/mol. The maximum atomic E-state index is 12.1. The second-order valence-electron chi connectivity index (χ2n) is 4.46. The number of nitrogens with one attached hydrogen (secondary N) is 1. The van der Waals surface area contributed by atoms with Crippen LogP contribution in [0.5, 0.6) is 0 Å². The Bertz CT molecular complexity index is 355. The van der Waals surface area contributed by atoms with Gasteiger partial charge in [0.1, 0.15) is 12.2 Å². The Morgan fingerprint density at radius 2 is 2.31 bits per heavy atom. The zero-order valence-corrected chi connectivity index (χ0v) is 9.44. The van der Waals surface area contributed by atoms with E-state index < -0.39 is 5.54 Å². The summed E-state index contributed by atoms with van der Waals surface area (Å²) in [5, 5.41) is 6.47. The predicted octanol–water partition coefficient (Wildman–Crippen LogP) is 0.0346. The van der Waals surface area contributed by atoms with Crippen LogP contribution >= 0.6 is 0 Å². The molecule has 3 N–H and O–H groups in total. The van der Waals surface area contributed by atoms with E-state index in [9.17, 15) is 4.79 Å². The fourth-order valence-electron chi connectivity index (χ4n) is 2.20. The third kappa shape index (κ3) is 2.06. The van der Waals surface area contributed by atoms with Gasteiger partial charge in [0, 0.05) is 7.05 Å². The summed E-state index contributed by atoms with van der Waals surface area (Å²) in [4.78, 5) is 17.7. The molecule has 1 aliphatic rings. The summed E-state index contributed by atoms with van der Waals surface area (Å²) < 4.78 is 0. The minimum atomic E-state index is -0.658. The highest BCUT2D eigenvalue weighted by atomic mass is 16.2. The first-order chi connectivity index (χ1) is 7.62. The monoisotopic (exact) mass is 223 g/mol. The molecule has 1 saturated carbocycles. The summed E-state index contributed by atoms with van der Waals surface area (Å²) in [6.45, 7) is 0.428. The van der Waals surface area contributed by atoms with Crippen LogP contribution in [0.4, 0.5) is 0 Å². The lowest BCUT2D eigenvalue weighted by molar-refractivity contribution is -0.136. The molecule has 16 heavy (non-hydrogen) atoms. The molecule has 1 amide bonds. The van der Waals surface area contributed by atoms with Crippen molar-refractivity contribution in [3.05, 3.63) is 12.2 Å². The highest BCUT2D eigenvalue weighted by molar-refractivity contribution is 5.86. The van der Waals surface area contributed by atoms with Gasteiger partial charge in [-0.25, -0.2) is 4.98 Å². The lowest BCUT2D eigenvalue weighted by atomic mass is 9.97. The van der Waals surface area contributed by atoms with E-state index in [1.807, 2.05) is 0 Å². The average molecular weight is 223 g/mol. The molecule has 0 unspecified atom stereocenters. The molecule has 0 saturated heterocycles. The van der Waals surface area contributed by atoms with Crippen molar-refractivity contribution in [3.8, 4) is 0 Å². The number of amides is 1. The van der Waals surface area contributed by atoms with E-state index in [1.165, 1.54) is 6.33 Å². The second kappa shape index (κ2) is 4.21. The van der Waals surface area contributed by atoms with Gasteiger partial charge in [-0.05, 0) is 12.8 Å². The van der Waals surface area contributed by atoms with Crippen LogP contribution in [-0.2, 0) is 11.3 Å². The largest absolute Gasteiger partial charge is 0.337 e. The molecular formula is C10H17N5O. The molecule has 0 aromatic carbocycles. The Morgan fingerprint density at radius 3 is 2.88 bits per heavy atom. The van der Waals surface area contributed by atoms with E-state index in [0.29, 0.717) is 12.4 Å². The Balaban J connectivity index is 1.99. The minimum Gasteiger partial charge on any atom is -0.337 e. The van der Waals surface area contributed by atoms with E-state index in [2.05, 4.69) is 15.2 Å². The first-order valence-electron chi connectivity index (χ1n) is 5.50. The lowest BCUT2D eigenvalue weighted by Gasteiger charge is -2.28. The van der Waals surface area contributed by atoms with Gasteiger partial charge in [0.15, 0.2) is 0 Å². The number of nitrogens with two attached hydrogens (primary N) is 1. The second-order valence-corrected chi connectivity index (χ2v) is 4.46. The van der Waals surface area contributed by atoms with Crippen molar-refractivity contribution in [2.45, 2.75) is 37.8 Å². The van der Waals surface area contributed by atoms with Crippen molar-refractivity contribution >= 4 is 5.91 Å². The lowest BCUT2D eigenvalue weighted by Crippen LogP contribution is -2.52. The molecule has 0 atom stereocenters. The minimum absolute atomic E-state index is 0.00130. The van der Waals surface area contributed by atoms with Crippen LogP contribution in [-0.4, -0.2) is 38.6 Å². The highest BCUT2D eigenvalue weighted by Crippen LogP contribution is 2.28. The van der Waals surface area contributed by atoms with E-state index in [-0.39, 0.29) is 5.91 Å². The van der Waals surface area contributed by atoms with E-state index >= 15 is 0 Å². The maximum Gasteiger partial charge on any atom is 0.242 e. The number of carbonyl (C=O) groups is 1. The molecule has 88 valence electrons. The molecule has 6 heteroatoms.